The fourth-order valence-electron chi connectivity index (χ4n) is 2.39. The first-order valence-corrected chi connectivity index (χ1v) is 6.10. The molecule has 0 aliphatic heterocycles. The topological polar surface area (TPSA) is 12.0 Å². The smallest absolute Gasteiger partial charge is 0.00466 e. The third-order valence-electron chi connectivity index (χ3n) is 3.62. The van der Waals surface area contributed by atoms with Gasteiger partial charge in [0.25, 0.3) is 0 Å². The van der Waals surface area contributed by atoms with Crippen molar-refractivity contribution in [2.45, 2.75) is 53.9 Å². The van der Waals surface area contributed by atoms with Crippen LogP contribution in [0, 0.1) is 17.3 Å². The zero-order valence-electron chi connectivity index (χ0n) is 11.0. The molecule has 0 saturated heterocycles. The van der Waals surface area contributed by atoms with E-state index in [1.54, 1.807) is 0 Å². The minimum Gasteiger partial charge on any atom is -0.320 e. The standard InChI is InChI=1S/C13H29N/c1-7-12(4)13(5,8-9-14-6)10-11(2)3/h11-12,14H,7-10H2,1-6H3. The first-order chi connectivity index (χ1) is 6.46. The maximum atomic E-state index is 3.28. The van der Waals surface area contributed by atoms with Gasteiger partial charge in [-0.05, 0) is 43.7 Å². The Kier molecular flexibility index (Phi) is 6.43. The fourth-order valence-corrected chi connectivity index (χ4v) is 2.39. The second kappa shape index (κ2) is 6.44. The summed E-state index contributed by atoms with van der Waals surface area (Å²) >= 11 is 0. The van der Waals surface area contributed by atoms with Gasteiger partial charge in [-0.25, -0.2) is 0 Å². The van der Waals surface area contributed by atoms with Crippen LogP contribution >= 0.6 is 0 Å². The van der Waals surface area contributed by atoms with Gasteiger partial charge in [0, 0.05) is 0 Å². The summed E-state index contributed by atoms with van der Waals surface area (Å²) in [5.74, 6) is 1.64. The van der Waals surface area contributed by atoms with Gasteiger partial charge in [-0.3, -0.25) is 0 Å². The van der Waals surface area contributed by atoms with Gasteiger partial charge < -0.3 is 5.32 Å². The van der Waals surface area contributed by atoms with E-state index < -0.39 is 0 Å². The van der Waals surface area contributed by atoms with Crippen molar-refractivity contribution < 1.29 is 0 Å². The summed E-state index contributed by atoms with van der Waals surface area (Å²) in [6, 6.07) is 0. The molecule has 2 unspecified atom stereocenters. The predicted molar refractivity (Wildman–Crippen MR) is 65.6 cm³/mol. The Labute approximate surface area is 90.7 Å². The lowest BCUT2D eigenvalue weighted by molar-refractivity contribution is 0.140. The van der Waals surface area contributed by atoms with Crippen LogP contribution in [0.15, 0.2) is 0 Å². The highest BCUT2D eigenvalue weighted by molar-refractivity contribution is 4.81. The molecule has 0 aliphatic rings. The maximum absolute atomic E-state index is 3.28. The second-order valence-electron chi connectivity index (χ2n) is 5.41. The minimum atomic E-state index is 0.520. The van der Waals surface area contributed by atoms with Crippen molar-refractivity contribution in [1.29, 1.82) is 0 Å². The molecular formula is C13H29N. The van der Waals surface area contributed by atoms with E-state index >= 15 is 0 Å². The molecule has 1 N–H and O–H groups in total. The van der Waals surface area contributed by atoms with Crippen LogP contribution in [-0.4, -0.2) is 13.6 Å². The van der Waals surface area contributed by atoms with Crippen molar-refractivity contribution in [3.8, 4) is 0 Å². The number of hydrogen-bond acceptors (Lipinski definition) is 1. The van der Waals surface area contributed by atoms with Gasteiger partial charge in [0.1, 0.15) is 0 Å². The highest BCUT2D eigenvalue weighted by Crippen LogP contribution is 2.39. The van der Waals surface area contributed by atoms with Gasteiger partial charge in [-0.1, -0.05) is 41.0 Å². The largest absolute Gasteiger partial charge is 0.320 e. The van der Waals surface area contributed by atoms with Crippen LogP contribution in [0.5, 0.6) is 0 Å². The van der Waals surface area contributed by atoms with Crippen LogP contribution < -0.4 is 5.32 Å². The third kappa shape index (κ3) is 4.45. The monoisotopic (exact) mass is 199 g/mol. The van der Waals surface area contributed by atoms with Crippen LogP contribution in [0.4, 0.5) is 0 Å². The highest BCUT2D eigenvalue weighted by atomic mass is 14.8. The number of hydrogen-bond donors (Lipinski definition) is 1. The highest BCUT2D eigenvalue weighted by Gasteiger charge is 2.29. The molecule has 86 valence electrons. The molecule has 1 heteroatoms. The first-order valence-electron chi connectivity index (χ1n) is 6.10. The molecule has 1 nitrogen and oxygen atoms in total. The lowest BCUT2D eigenvalue weighted by Crippen LogP contribution is -2.30. The average molecular weight is 199 g/mol. The van der Waals surface area contributed by atoms with Crippen molar-refractivity contribution in [3.63, 3.8) is 0 Å². The molecule has 0 amide bonds. The Hall–Kier alpha value is -0.0400. The molecule has 0 aromatic rings. The first kappa shape index (κ1) is 14.0. The van der Waals surface area contributed by atoms with Gasteiger partial charge in [0.05, 0.1) is 0 Å². The Morgan fingerprint density at radius 1 is 1.21 bits per heavy atom. The Morgan fingerprint density at radius 2 is 1.79 bits per heavy atom. The zero-order valence-corrected chi connectivity index (χ0v) is 11.0. The van der Waals surface area contributed by atoms with Crippen molar-refractivity contribution in [2.75, 3.05) is 13.6 Å². The van der Waals surface area contributed by atoms with Crippen molar-refractivity contribution >= 4 is 0 Å². The summed E-state index contributed by atoms with van der Waals surface area (Å²) in [6.45, 7) is 13.0. The van der Waals surface area contributed by atoms with Crippen molar-refractivity contribution in [2.24, 2.45) is 17.3 Å². The predicted octanol–water partition coefficient (Wildman–Crippen LogP) is 3.69. The lowest BCUT2D eigenvalue weighted by Gasteiger charge is -2.37. The van der Waals surface area contributed by atoms with E-state index in [1.807, 2.05) is 7.05 Å². The van der Waals surface area contributed by atoms with Crippen LogP contribution in [0.1, 0.15) is 53.9 Å². The van der Waals surface area contributed by atoms with Gasteiger partial charge in [0.2, 0.25) is 0 Å². The quantitative estimate of drug-likeness (QED) is 0.659. The van der Waals surface area contributed by atoms with Gasteiger partial charge in [0.15, 0.2) is 0 Å². The van der Waals surface area contributed by atoms with E-state index in [1.165, 1.54) is 19.3 Å². The van der Waals surface area contributed by atoms with Gasteiger partial charge in [-0.2, -0.15) is 0 Å². The average Bonchev–Trinajstić information content (AvgIpc) is 2.12. The van der Waals surface area contributed by atoms with Gasteiger partial charge >= 0.3 is 0 Å². The number of rotatable bonds is 7. The van der Waals surface area contributed by atoms with Crippen molar-refractivity contribution in [1.82, 2.24) is 5.32 Å². The van der Waals surface area contributed by atoms with Crippen LogP contribution in [-0.2, 0) is 0 Å². The molecule has 0 fully saturated rings. The molecule has 2 atom stereocenters. The summed E-state index contributed by atoms with van der Waals surface area (Å²) in [5, 5.41) is 3.28. The molecule has 0 heterocycles. The summed E-state index contributed by atoms with van der Waals surface area (Å²) in [4.78, 5) is 0. The lowest BCUT2D eigenvalue weighted by atomic mass is 9.69. The summed E-state index contributed by atoms with van der Waals surface area (Å²) in [7, 11) is 2.05. The molecule has 0 radical (unpaired) electrons. The van der Waals surface area contributed by atoms with Crippen LogP contribution in [0.3, 0.4) is 0 Å². The van der Waals surface area contributed by atoms with E-state index in [0.717, 1.165) is 18.4 Å². The van der Waals surface area contributed by atoms with E-state index in [0.29, 0.717) is 5.41 Å². The SMILES string of the molecule is CCC(C)C(C)(CCNC)CC(C)C. The summed E-state index contributed by atoms with van der Waals surface area (Å²) in [5.41, 5.74) is 0.520. The molecule has 0 spiro atoms. The number of nitrogens with one attached hydrogen (secondary N) is 1. The Bertz CT molecular complexity index is 142. The molecule has 14 heavy (non-hydrogen) atoms. The summed E-state index contributed by atoms with van der Waals surface area (Å²) in [6.07, 6.45) is 3.95. The van der Waals surface area contributed by atoms with E-state index in [4.69, 9.17) is 0 Å². The molecular weight excluding hydrogens is 170 g/mol. The Morgan fingerprint density at radius 3 is 2.14 bits per heavy atom. The van der Waals surface area contributed by atoms with Crippen LogP contribution in [0.25, 0.3) is 0 Å². The van der Waals surface area contributed by atoms with E-state index in [-0.39, 0.29) is 0 Å². The maximum Gasteiger partial charge on any atom is -0.00466 e. The molecule has 0 saturated carbocycles. The third-order valence-corrected chi connectivity index (χ3v) is 3.62. The summed E-state index contributed by atoms with van der Waals surface area (Å²) < 4.78 is 0. The van der Waals surface area contributed by atoms with E-state index in [9.17, 15) is 0 Å². The van der Waals surface area contributed by atoms with Crippen molar-refractivity contribution in [3.05, 3.63) is 0 Å². The zero-order chi connectivity index (χ0) is 11.2. The molecule has 0 rings (SSSR count). The molecule has 0 bridgehead atoms. The molecule has 0 aliphatic carbocycles. The minimum absolute atomic E-state index is 0.520. The normalized spacial score (nSPS) is 18.2. The van der Waals surface area contributed by atoms with Gasteiger partial charge in [-0.15, -0.1) is 0 Å². The molecule has 0 aromatic carbocycles. The fraction of sp³-hybridized carbons (Fsp3) is 1.00. The van der Waals surface area contributed by atoms with E-state index in [2.05, 4.69) is 39.9 Å². The molecule has 0 aromatic heterocycles. The second-order valence-corrected chi connectivity index (χ2v) is 5.41. The Balaban J connectivity index is 4.32. The van der Waals surface area contributed by atoms with Crippen LogP contribution in [0.2, 0.25) is 0 Å².